The molecule has 2 rings (SSSR count). The Labute approximate surface area is 134 Å². The van der Waals surface area contributed by atoms with Gasteiger partial charge in [0.25, 0.3) is 5.91 Å². The SMILES string of the molecule is CC(=O)c1cccc(NC(=O)c2ccc(OC(C)C)c(F)c2)c1. The van der Waals surface area contributed by atoms with Gasteiger partial charge in [0.05, 0.1) is 6.10 Å². The Hall–Kier alpha value is -2.69. The molecule has 4 nitrogen and oxygen atoms in total. The van der Waals surface area contributed by atoms with E-state index in [0.29, 0.717) is 11.3 Å². The van der Waals surface area contributed by atoms with Crippen LogP contribution in [0.4, 0.5) is 10.1 Å². The molecule has 0 heterocycles. The molecule has 0 atom stereocenters. The quantitative estimate of drug-likeness (QED) is 0.846. The van der Waals surface area contributed by atoms with Crippen LogP contribution >= 0.6 is 0 Å². The van der Waals surface area contributed by atoms with Crippen molar-refractivity contribution in [1.82, 2.24) is 0 Å². The van der Waals surface area contributed by atoms with E-state index >= 15 is 0 Å². The van der Waals surface area contributed by atoms with Crippen molar-refractivity contribution in [3.8, 4) is 5.75 Å². The lowest BCUT2D eigenvalue weighted by molar-refractivity contribution is 0.101. The van der Waals surface area contributed by atoms with Crippen LogP contribution in [0.25, 0.3) is 0 Å². The maximum absolute atomic E-state index is 13.9. The zero-order valence-corrected chi connectivity index (χ0v) is 13.2. The van der Waals surface area contributed by atoms with Crippen molar-refractivity contribution in [1.29, 1.82) is 0 Å². The maximum atomic E-state index is 13.9. The number of hydrogen-bond acceptors (Lipinski definition) is 3. The number of anilines is 1. The molecule has 0 unspecified atom stereocenters. The number of halogens is 1. The summed E-state index contributed by atoms with van der Waals surface area (Å²) < 4.78 is 19.2. The van der Waals surface area contributed by atoms with Gasteiger partial charge in [-0.3, -0.25) is 9.59 Å². The first-order chi connectivity index (χ1) is 10.9. The predicted molar refractivity (Wildman–Crippen MR) is 86.6 cm³/mol. The minimum absolute atomic E-state index is 0.0951. The van der Waals surface area contributed by atoms with E-state index in [1.54, 1.807) is 38.1 Å². The van der Waals surface area contributed by atoms with Gasteiger partial charge in [0.2, 0.25) is 0 Å². The fourth-order valence-electron chi connectivity index (χ4n) is 2.01. The van der Waals surface area contributed by atoms with Crippen LogP contribution in [0.3, 0.4) is 0 Å². The zero-order valence-electron chi connectivity index (χ0n) is 13.2. The summed E-state index contributed by atoms with van der Waals surface area (Å²) in [7, 11) is 0. The number of Topliss-reactive ketones (excluding diaryl/α,β-unsaturated/α-hetero) is 1. The topological polar surface area (TPSA) is 55.4 Å². The van der Waals surface area contributed by atoms with Gasteiger partial charge in [-0.05, 0) is 51.1 Å². The van der Waals surface area contributed by atoms with Crippen molar-refractivity contribution < 1.29 is 18.7 Å². The van der Waals surface area contributed by atoms with Crippen molar-refractivity contribution in [3.05, 3.63) is 59.4 Å². The molecule has 120 valence electrons. The van der Waals surface area contributed by atoms with E-state index in [2.05, 4.69) is 5.32 Å². The Kier molecular flexibility index (Phi) is 5.11. The van der Waals surface area contributed by atoms with Crippen LogP contribution < -0.4 is 10.1 Å². The highest BCUT2D eigenvalue weighted by molar-refractivity contribution is 6.05. The summed E-state index contributed by atoms with van der Waals surface area (Å²) in [6, 6.07) is 10.6. The van der Waals surface area contributed by atoms with E-state index in [-0.39, 0.29) is 23.2 Å². The minimum atomic E-state index is -0.594. The van der Waals surface area contributed by atoms with Crippen molar-refractivity contribution in [2.45, 2.75) is 26.9 Å². The van der Waals surface area contributed by atoms with E-state index in [0.717, 1.165) is 6.07 Å². The molecular weight excluding hydrogens is 297 g/mol. The summed E-state index contributed by atoms with van der Waals surface area (Å²) in [5.41, 5.74) is 1.15. The Morgan fingerprint density at radius 1 is 1.09 bits per heavy atom. The molecule has 23 heavy (non-hydrogen) atoms. The fourth-order valence-corrected chi connectivity index (χ4v) is 2.01. The molecule has 0 saturated carbocycles. The van der Waals surface area contributed by atoms with Crippen LogP contribution in [0.5, 0.6) is 5.75 Å². The molecule has 0 aliphatic rings. The highest BCUT2D eigenvalue weighted by atomic mass is 19.1. The molecular formula is C18H18FNO3. The largest absolute Gasteiger partial charge is 0.488 e. The van der Waals surface area contributed by atoms with Crippen molar-refractivity contribution in [2.75, 3.05) is 5.32 Å². The zero-order chi connectivity index (χ0) is 17.0. The second kappa shape index (κ2) is 7.05. The van der Waals surface area contributed by atoms with Crippen molar-refractivity contribution >= 4 is 17.4 Å². The van der Waals surface area contributed by atoms with Crippen LogP contribution in [0, 0.1) is 5.82 Å². The molecule has 5 heteroatoms. The Balaban J connectivity index is 2.16. The molecule has 2 aromatic carbocycles. The van der Waals surface area contributed by atoms with Crippen LogP contribution in [0.1, 0.15) is 41.5 Å². The number of hydrogen-bond donors (Lipinski definition) is 1. The Morgan fingerprint density at radius 3 is 2.43 bits per heavy atom. The van der Waals surface area contributed by atoms with Gasteiger partial charge >= 0.3 is 0 Å². The number of amides is 1. The van der Waals surface area contributed by atoms with E-state index in [1.807, 2.05) is 0 Å². The molecule has 2 aromatic rings. The van der Waals surface area contributed by atoms with Gasteiger partial charge in [0, 0.05) is 16.8 Å². The first-order valence-corrected chi connectivity index (χ1v) is 7.25. The van der Waals surface area contributed by atoms with Gasteiger partial charge in [-0.25, -0.2) is 4.39 Å². The number of carbonyl (C=O) groups is 2. The lowest BCUT2D eigenvalue weighted by atomic mass is 10.1. The average Bonchev–Trinajstić information content (AvgIpc) is 2.49. The van der Waals surface area contributed by atoms with Gasteiger partial charge in [0.1, 0.15) is 0 Å². The van der Waals surface area contributed by atoms with Gasteiger partial charge in [-0.15, -0.1) is 0 Å². The van der Waals surface area contributed by atoms with Crippen LogP contribution in [-0.2, 0) is 0 Å². The van der Waals surface area contributed by atoms with E-state index in [4.69, 9.17) is 4.74 Å². The highest BCUT2D eigenvalue weighted by Gasteiger charge is 2.12. The van der Waals surface area contributed by atoms with Crippen molar-refractivity contribution in [3.63, 3.8) is 0 Å². The Bertz CT molecular complexity index is 741. The number of ketones is 1. The van der Waals surface area contributed by atoms with Crippen LogP contribution in [0.2, 0.25) is 0 Å². The Morgan fingerprint density at radius 2 is 1.83 bits per heavy atom. The van der Waals surface area contributed by atoms with E-state index in [9.17, 15) is 14.0 Å². The monoisotopic (exact) mass is 315 g/mol. The minimum Gasteiger partial charge on any atom is -0.488 e. The van der Waals surface area contributed by atoms with Crippen molar-refractivity contribution in [2.24, 2.45) is 0 Å². The predicted octanol–water partition coefficient (Wildman–Crippen LogP) is 4.07. The number of ether oxygens (including phenoxy) is 1. The molecule has 0 radical (unpaired) electrons. The second-order valence-corrected chi connectivity index (χ2v) is 5.40. The van der Waals surface area contributed by atoms with Gasteiger partial charge in [-0.2, -0.15) is 0 Å². The maximum Gasteiger partial charge on any atom is 0.255 e. The third kappa shape index (κ3) is 4.39. The van der Waals surface area contributed by atoms with Gasteiger partial charge < -0.3 is 10.1 Å². The normalized spacial score (nSPS) is 10.5. The number of nitrogens with one attached hydrogen (secondary N) is 1. The summed E-state index contributed by atoms with van der Waals surface area (Å²) in [4.78, 5) is 23.5. The summed E-state index contributed by atoms with van der Waals surface area (Å²) in [5, 5.41) is 2.64. The third-order valence-electron chi connectivity index (χ3n) is 3.08. The van der Waals surface area contributed by atoms with E-state index in [1.165, 1.54) is 19.1 Å². The molecule has 1 amide bonds. The summed E-state index contributed by atoms with van der Waals surface area (Å²) in [6.45, 7) is 5.04. The van der Waals surface area contributed by atoms with Gasteiger partial charge in [0.15, 0.2) is 17.3 Å². The molecule has 0 aromatic heterocycles. The molecule has 0 bridgehead atoms. The summed E-state index contributed by atoms with van der Waals surface area (Å²) in [6.07, 6.45) is -0.154. The highest BCUT2D eigenvalue weighted by Crippen LogP contribution is 2.20. The molecule has 0 saturated heterocycles. The lowest BCUT2D eigenvalue weighted by Crippen LogP contribution is -2.13. The average molecular weight is 315 g/mol. The third-order valence-corrected chi connectivity index (χ3v) is 3.08. The first kappa shape index (κ1) is 16.7. The lowest BCUT2D eigenvalue weighted by Gasteiger charge is -2.11. The molecule has 0 fully saturated rings. The van der Waals surface area contributed by atoms with Crippen LogP contribution in [0.15, 0.2) is 42.5 Å². The summed E-state index contributed by atoms with van der Waals surface area (Å²) >= 11 is 0. The second-order valence-electron chi connectivity index (χ2n) is 5.40. The smallest absolute Gasteiger partial charge is 0.255 e. The first-order valence-electron chi connectivity index (χ1n) is 7.25. The standard InChI is InChI=1S/C18H18FNO3/c1-11(2)23-17-8-7-14(10-16(17)19)18(22)20-15-6-4-5-13(9-15)12(3)21/h4-11H,1-3H3,(H,20,22). The fraction of sp³-hybridized carbons (Fsp3) is 0.222. The molecule has 1 N–H and O–H groups in total. The number of benzene rings is 2. The number of rotatable bonds is 5. The summed E-state index contributed by atoms with van der Waals surface area (Å²) in [5.74, 6) is -1.04. The van der Waals surface area contributed by atoms with Gasteiger partial charge in [-0.1, -0.05) is 12.1 Å². The molecule has 0 aliphatic carbocycles. The molecule has 0 spiro atoms. The van der Waals surface area contributed by atoms with E-state index < -0.39 is 11.7 Å². The van der Waals surface area contributed by atoms with Crippen LogP contribution in [-0.4, -0.2) is 17.8 Å². The number of carbonyl (C=O) groups excluding carboxylic acids is 2. The molecule has 0 aliphatic heterocycles.